The number of aromatic nitrogens is 2. The molecule has 0 amide bonds. The van der Waals surface area contributed by atoms with Gasteiger partial charge in [0.1, 0.15) is 6.54 Å². The number of esters is 1. The van der Waals surface area contributed by atoms with Crippen LogP contribution in [0, 0.1) is 0 Å². The van der Waals surface area contributed by atoms with E-state index in [9.17, 15) is 4.79 Å². The second kappa shape index (κ2) is 9.99. The number of fused-ring (bicyclic) bond motifs is 1. The van der Waals surface area contributed by atoms with Crippen molar-refractivity contribution in [3.63, 3.8) is 0 Å². The third kappa shape index (κ3) is 4.90. The second-order valence-corrected chi connectivity index (χ2v) is 8.23. The van der Waals surface area contributed by atoms with E-state index in [4.69, 9.17) is 9.47 Å². The number of ether oxygens (including phenoxy) is 2. The van der Waals surface area contributed by atoms with Gasteiger partial charge in [-0.1, -0.05) is 42.5 Å². The van der Waals surface area contributed by atoms with E-state index in [1.165, 1.54) is 7.11 Å². The highest BCUT2D eigenvalue weighted by atomic mass is 16.5. The van der Waals surface area contributed by atoms with Crippen LogP contribution in [0.5, 0.6) is 0 Å². The molecule has 2 unspecified atom stereocenters. The van der Waals surface area contributed by atoms with Crippen molar-refractivity contribution in [2.75, 3.05) is 13.7 Å². The summed E-state index contributed by atoms with van der Waals surface area (Å²) in [7, 11) is 1.39. The third-order valence-corrected chi connectivity index (χ3v) is 5.97. The fourth-order valence-electron chi connectivity index (χ4n) is 4.19. The second-order valence-electron chi connectivity index (χ2n) is 8.23. The lowest BCUT2D eigenvalue weighted by atomic mass is 9.91. The van der Waals surface area contributed by atoms with Gasteiger partial charge in [0.15, 0.2) is 0 Å². The van der Waals surface area contributed by atoms with Gasteiger partial charge in [0.2, 0.25) is 0 Å². The number of pyridine rings is 2. The first-order valence-electron chi connectivity index (χ1n) is 11.3. The number of para-hydroxylation sites is 1. The van der Waals surface area contributed by atoms with Crippen molar-refractivity contribution in [1.82, 2.24) is 20.4 Å². The van der Waals surface area contributed by atoms with E-state index in [1.54, 1.807) is 17.4 Å². The summed E-state index contributed by atoms with van der Waals surface area (Å²) in [6.07, 6.45) is 12.6. The van der Waals surface area contributed by atoms with Gasteiger partial charge in [0.25, 0.3) is 0 Å². The molecule has 1 aliphatic heterocycles. The molecule has 2 atom stereocenters. The fourth-order valence-corrected chi connectivity index (χ4v) is 4.19. The molecule has 0 saturated heterocycles. The molecular formula is C27H26N4O3. The predicted molar refractivity (Wildman–Crippen MR) is 130 cm³/mol. The first kappa shape index (κ1) is 22.0. The zero-order valence-electron chi connectivity index (χ0n) is 18.9. The van der Waals surface area contributed by atoms with E-state index >= 15 is 0 Å². The maximum atomic E-state index is 11.8. The number of hydrogen-bond acceptors (Lipinski definition) is 7. The molecule has 3 heterocycles. The van der Waals surface area contributed by atoms with Crippen molar-refractivity contribution < 1.29 is 14.3 Å². The normalized spacial score (nSPS) is 19.7. The van der Waals surface area contributed by atoms with Gasteiger partial charge in [-0.25, -0.2) is 5.43 Å². The summed E-state index contributed by atoms with van der Waals surface area (Å²) in [4.78, 5) is 20.6. The average Bonchev–Trinajstić information content (AvgIpc) is 3.31. The smallest absolute Gasteiger partial charge is 0.326 e. The molecule has 0 saturated carbocycles. The number of methoxy groups -OCH3 is 1. The van der Waals surface area contributed by atoms with Gasteiger partial charge in [0, 0.05) is 24.0 Å². The molecule has 2 aliphatic rings. The molecule has 7 heteroatoms. The van der Waals surface area contributed by atoms with E-state index in [0.29, 0.717) is 6.61 Å². The highest BCUT2D eigenvalue weighted by Crippen LogP contribution is 2.31. The number of nitrogens with zero attached hydrogens (tertiary/aromatic N) is 3. The number of nitrogens with one attached hydrogen (secondary N) is 1. The average molecular weight is 455 g/mol. The Hall–Kier alpha value is -3.81. The van der Waals surface area contributed by atoms with Gasteiger partial charge in [-0.05, 0) is 47.4 Å². The van der Waals surface area contributed by atoms with E-state index in [2.05, 4.69) is 45.8 Å². The topological polar surface area (TPSA) is 76.6 Å². The van der Waals surface area contributed by atoms with E-state index in [0.717, 1.165) is 39.7 Å². The molecule has 0 fully saturated rings. The van der Waals surface area contributed by atoms with Gasteiger partial charge >= 0.3 is 5.97 Å². The molecular weight excluding hydrogens is 428 g/mol. The molecule has 0 bridgehead atoms. The molecule has 3 aromatic rings. The Morgan fingerprint density at radius 2 is 2.00 bits per heavy atom. The first-order valence-corrected chi connectivity index (χ1v) is 11.3. The standard InChI is InChI=1S/C27H26N4O3/c1-33-26(32)17-31-16-24(19-12-14-28-15-13-19)27(30-31)21-7-10-23(11-8-21)34-18-22-9-6-20-4-2-3-5-25(20)29-22/h2-10,12-16,23,27,30H,11,17-18H2,1H3. The maximum absolute atomic E-state index is 11.8. The molecule has 7 nitrogen and oxygen atoms in total. The zero-order valence-corrected chi connectivity index (χ0v) is 18.9. The molecule has 0 spiro atoms. The van der Waals surface area contributed by atoms with Crippen LogP contribution in [0.1, 0.15) is 17.7 Å². The van der Waals surface area contributed by atoms with Crippen molar-refractivity contribution in [3.8, 4) is 0 Å². The summed E-state index contributed by atoms with van der Waals surface area (Å²) >= 11 is 0. The van der Waals surface area contributed by atoms with Gasteiger partial charge in [0.05, 0.1) is 37.1 Å². The molecule has 172 valence electrons. The summed E-state index contributed by atoms with van der Waals surface area (Å²) in [5.74, 6) is -0.303. The Kier molecular flexibility index (Phi) is 6.46. The molecule has 2 aromatic heterocycles. The van der Waals surface area contributed by atoms with Crippen LogP contribution < -0.4 is 5.43 Å². The van der Waals surface area contributed by atoms with Crippen LogP contribution >= 0.6 is 0 Å². The Morgan fingerprint density at radius 1 is 1.15 bits per heavy atom. The SMILES string of the molecule is COC(=O)CN1C=C(c2ccncc2)C(C2=CCC(OCc3ccc4ccccc4n3)C=C2)N1. The van der Waals surface area contributed by atoms with Crippen LogP contribution in [-0.4, -0.2) is 46.7 Å². The summed E-state index contributed by atoms with van der Waals surface area (Å²) in [6, 6.07) is 16.0. The Bertz CT molecular complexity index is 1270. The lowest BCUT2D eigenvalue weighted by Gasteiger charge is -2.24. The van der Waals surface area contributed by atoms with Crippen molar-refractivity contribution in [3.05, 3.63) is 102 Å². The van der Waals surface area contributed by atoms with Crippen LogP contribution in [-0.2, 0) is 20.9 Å². The van der Waals surface area contributed by atoms with Crippen LogP contribution in [0.2, 0.25) is 0 Å². The number of rotatable bonds is 7. The van der Waals surface area contributed by atoms with Gasteiger partial charge < -0.3 is 14.5 Å². The Morgan fingerprint density at radius 3 is 2.79 bits per heavy atom. The summed E-state index contributed by atoms with van der Waals surface area (Å²) in [6.45, 7) is 0.586. The number of hydrazine groups is 1. The lowest BCUT2D eigenvalue weighted by Crippen LogP contribution is -2.40. The summed E-state index contributed by atoms with van der Waals surface area (Å²) in [5, 5.41) is 2.90. The third-order valence-electron chi connectivity index (χ3n) is 5.97. The summed E-state index contributed by atoms with van der Waals surface area (Å²) < 4.78 is 10.9. The number of carbonyl (C=O) groups is 1. The van der Waals surface area contributed by atoms with E-state index in [-0.39, 0.29) is 24.7 Å². The van der Waals surface area contributed by atoms with Crippen LogP contribution in [0.25, 0.3) is 16.5 Å². The largest absolute Gasteiger partial charge is 0.468 e. The number of benzene rings is 1. The van der Waals surface area contributed by atoms with Crippen molar-refractivity contribution in [2.45, 2.75) is 25.2 Å². The Labute approximate surface area is 198 Å². The highest BCUT2D eigenvalue weighted by Gasteiger charge is 2.29. The first-order chi connectivity index (χ1) is 16.7. The lowest BCUT2D eigenvalue weighted by molar-refractivity contribution is -0.141. The van der Waals surface area contributed by atoms with Crippen LogP contribution in [0.4, 0.5) is 0 Å². The predicted octanol–water partition coefficient (Wildman–Crippen LogP) is 3.80. The molecule has 34 heavy (non-hydrogen) atoms. The number of hydrogen-bond donors (Lipinski definition) is 1. The molecule has 5 rings (SSSR count). The van der Waals surface area contributed by atoms with Gasteiger partial charge in [-0.3, -0.25) is 14.8 Å². The minimum atomic E-state index is -0.303. The monoisotopic (exact) mass is 454 g/mol. The highest BCUT2D eigenvalue weighted by molar-refractivity contribution is 5.78. The fraction of sp³-hybridized carbons (Fsp3) is 0.222. The van der Waals surface area contributed by atoms with Crippen molar-refractivity contribution >= 4 is 22.4 Å². The molecule has 1 aromatic carbocycles. The van der Waals surface area contributed by atoms with Crippen molar-refractivity contribution in [1.29, 1.82) is 0 Å². The Balaban J connectivity index is 1.25. The molecule has 1 N–H and O–H groups in total. The quantitative estimate of drug-likeness (QED) is 0.544. The zero-order chi connectivity index (χ0) is 23.3. The van der Waals surface area contributed by atoms with E-state index < -0.39 is 0 Å². The van der Waals surface area contributed by atoms with Gasteiger partial charge in [-0.15, -0.1) is 0 Å². The van der Waals surface area contributed by atoms with Crippen LogP contribution in [0.3, 0.4) is 0 Å². The van der Waals surface area contributed by atoms with Gasteiger partial charge in [-0.2, -0.15) is 0 Å². The summed E-state index contributed by atoms with van der Waals surface area (Å²) in [5.41, 5.74) is 8.55. The minimum absolute atomic E-state index is 0.0158. The number of carbonyl (C=O) groups excluding carboxylic acids is 1. The van der Waals surface area contributed by atoms with Crippen LogP contribution in [0.15, 0.2) is 90.9 Å². The van der Waals surface area contributed by atoms with E-state index in [1.807, 2.05) is 42.6 Å². The van der Waals surface area contributed by atoms with Crippen molar-refractivity contribution in [2.24, 2.45) is 0 Å². The minimum Gasteiger partial charge on any atom is -0.468 e. The molecule has 1 aliphatic carbocycles. The maximum Gasteiger partial charge on any atom is 0.326 e. The molecule has 0 radical (unpaired) electrons.